The molecular weight excluding hydrogens is 320 g/mol. The van der Waals surface area contributed by atoms with Crippen LogP contribution >= 0.6 is 11.8 Å². The van der Waals surface area contributed by atoms with Gasteiger partial charge in [-0.05, 0) is 36.8 Å². The monoisotopic (exact) mass is 344 g/mol. The number of guanidine groups is 1. The van der Waals surface area contributed by atoms with Crippen LogP contribution in [0, 0.1) is 6.92 Å². The van der Waals surface area contributed by atoms with Crippen molar-refractivity contribution < 1.29 is 0 Å². The predicted octanol–water partition coefficient (Wildman–Crippen LogP) is 2.12. The van der Waals surface area contributed by atoms with Gasteiger partial charge in [0.25, 0.3) is 0 Å². The maximum atomic E-state index is 4.30. The molecule has 0 amide bonds. The molecule has 0 saturated heterocycles. The molecule has 0 aliphatic carbocycles. The van der Waals surface area contributed by atoms with Crippen LogP contribution < -0.4 is 10.6 Å². The zero-order valence-corrected chi connectivity index (χ0v) is 15.3. The van der Waals surface area contributed by atoms with E-state index in [1.54, 1.807) is 18.8 Å². The van der Waals surface area contributed by atoms with Gasteiger partial charge in [-0.2, -0.15) is 0 Å². The van der Waals surface area contributed by atoms with Gasteiger partial charge in [0.1, 0.15) is 5.82 Å². The van der Waals surface area contributed by atoms with Gasteiger partial charge in [0.2, 0.25) is 0 Å². The molecule has 2 N–H and O–H groups in total. The molecule has 0 unspecified atom stereocenters. The van der Waals surface area contributed by atoms with E-state index >= 15 is 0 Å². The Hall–Kier alpha value is -2.02. The Morgan fingerprint density at radius 1 is 1.29 bits per heavy atom. The van der Waals surface area contributed by atoms with Crippen LogP contribution in [0.4, 0.5) is 0 Å². The molecule has 0 radical (unpaired) electrons. The lowest BCUT2D eigenvalue weighted by Crippen LogP contribution is -2.37. The third-order valence-corrected chi connectivity index (χ3v) is 5.03. The van der Waals surface area contributed by atoms with Gasteiger partial charge < -0.3 is 15.2 Å². The van der Waals surface area contributed by atoms with Crippen LogP contribution in [0.15, 0.2) is 28.1 Å². The number of aliphatic imine (C=N–C) groups is 1. The summed E-state index contributed by atoms with van der Waals surface area (Å²) in [5.74, 6) is 2.85. The second-order valence-corrected chi connectivity index (χ2v) is 6.73. The van der Waals surface area contributed by atoms with Crippen LogP contribution in [0.3, 0.4) is 0 Å². The van der Waals surface area contributed by atoms with Gasteiger partial charge in [-0.25, -0.2) is 0 Å². The quantitative estimate of drug-likeness (QED) is 0.494. The maximum Gasteiger partial charge on any atom is 0.191 e. The Morgan fingerprint density at radius 2 is 2.12 bits per heavy atom. The van der Waals surface area contributed by atoms with E-state index in [1.807, 2.05) is 0 Å². The smallest absolute Gasteiger partial charge is 0.191 e. The van der Waals surface area contributed by atoms with E-state index < -0.39 is 0 Å². The fourth-order valence-electron chi connectivity index (χ4n) is 2.90. The predicted molar refractivity (Wildman–Crippen MR) is 98.3 cm³/mol. The number of hydrogen-bond acceptors (Lipinski definition) is 4. The SMILES string of the molecule is CN=C(NCc1ccc(C)cc1SC)NCc1nnc2n1CCC2. The third-order valence-electron chi connectivity index (χ3n) is 4.21. The molecule has 7 heteroatoms. The summed E-state index contributed by atoms with van der Waals surface area (Å²) in [6.07, 6.45) is 4.30. The first kappa shape index (κ1) is 16.8. The topological polar surface area (TPSA) is 67.1 Å². The van der Waals surface area contributed by atoms with Crippen molar-refractivity contribution in [2.75, 3.05) is 13.3 Å². The van der Waals surface area contributed by atoms with E-state index in [-0.39, 0.29) is 0 Å². The number of aromatic nitrogens is 3. The molecule has 0 bridgehead atoms. The van der Waals surface area contributed by atoms with Crippen LogP contribution in [0.2, 0.25) is 0 Å². The highest BCUT2D eigenvalue weighted by atomic mass is 32.2. The Kier molecular flexibility index (Phi) is 5.40. The summed E-state index contributed by atoms with van der Waals surface area (Å²) >= 11 is 1.77. The molecule has 0 saturated carbocycles. The third kappa shape index (κ3) is 3.72. The van der Waals surface area contributed by atoms with Crippen LogP contribution in [-0.2, 0) is 26.1 Å². The van der Waals surface area contributed by atoms with E-state index in [2.05, 4.69) is 61.8 Å². The number of nitrogens with zero attached hydrogens (tertiary/aromatic N) is 4. The number of thioether (sulfide) groups is 1. The summed E-state index contributed by atoms with van der Waals surface area (Å²) in [5.41, 5.74) is 2.56. The number of benzene rings is 1. The van der Waals surface area contributed by atoms with Crippen LogP contribution in [0.5, 0.6) is 0 Å². The summed E-state index contributed by atoms with van der Waals surface area (Å²) in [4.78, 5) is 5.60. The van der Waals surface area contributed by atoms with Crippen molar-refractivity contribution >= 4 is 17.7 Å². The lowest BCUT2D eigenvalue weighted by Gasteiger charge is -2.14. The fourth-order valence-corrected chi connectivity index (χ4v) is 3.61. The number of fused-ring (bicyclic) bond motifs is 1. The van der Waals surface area contributed by atoms with Gasteiger partial charge >= 0.3 is 0 Å². The number of hydrogen-bond donors (Lipinski definition) is 2. The molecule has 0 fully saturated rings. The average Bonchev–Trinajstić information content (AvgIpc) is 3.20. The molecule has 24 heavy (non-hydrogen) atoms. The minimum Gasteiger partial charge on any atom is -0.352 e. The fraction of sp³-hybridized carbons (Fsp3) is 0.471. The molecule has 2 heterocycles. The molecule has 1 aromatic heterocycles. The van der Waals surface area contributed by atoms with Crippen molar-refractivity contribution in [1.82, 2.24) is 25.4 Å². The highest BCUT2D eigenvalue weighted by molar-refractivity contribution is 7.98. The number of nitrogens with one attached hydrogen (secondary N) is 2. The van der Waals surface area contributed by atoms with Crippen molar-refractivity contribution in [2.45, 2.75) is 44.3 Å². The first-order chi connectivity index (χ1) is 11.7. The van der Waals surface area contributed by atoms with Crippen molar-refractivity contribution in [2.24, 2.45) is 4.99 Å². The lowest BCUT2D eigenvalue weighted by atomic mass is 10.1. The molecule has 0 spiro atoms. The average molecular weight is 344 g/mol. The second-order valence-electron chi connectivity index (χ2n) is 5.88. The minimum atomic E-state index is 0.635. The first-order valence-electron chi connectivity index (χ1n) is 8.20. The highest BCUT2D eigenvalue weighted by Crippen LogP contribution is 2.21. The van der Waals surface area contributed by atoms with Crippen LogP contribution in [0.1, 0.15) is 29.2 Å². The van der Waals surface area contributed by atoms with Gasteiger partial charge in [-0.15, -0.1) is 22.0 Å². The molecule has 3 rings (SSSR count). The summed E-state index contributed by atoms with van der Waals surface area (Å²) in [5, 5.41) is 15.2. The summed E-state index contributed by atoms with van der Waals surface area (Å²) in [6, 6.07) is 6.54. The summed E-state index contributed by atoms with van der Waals surface area (Å²) < 4.78 is 2.20. The van der Waals surface area contributed by atoms with E-state index in [0.29, 0.717) is 6.54 Å². The maximum absolute atomic E-state index is 4.30. The van der Waals surface area contributed by atoms with E-state index in [0.717, 1.165) is 43.5 Å². The Labute approximate surface area is 147 Å². The van der Waals surface area contributed by atoms with E-state index in [1.165, 1.54) is 16.0 Å². The number of rotatable bonds is 5. The first-order valence-corrected chi connectivity index (χ1v) is 9.42. The molecule has 0 atom stereocenters. The largest absolute Gasteiger partial charge is 0.352 e. The second kappa shape index (κ2) is 7.70. The molecule has 128 valence electrons. The molecular formula is C17H24N6S. The Balaban J connectivity index is 1.57. The van der Waals surface area contributed by atoms with E-state index in [4.69, 9.17) is 0 Å². The van der Waals surface area contributed by atoms with Gasteiger partial charge in [0.15, 0.2) is 11.8 Å². The standard InChI is InChI=1S/C17H24N6S/c1-12-6-7-13(14(9-12)24-3)10-19-17(18-2)20-11-16-22-21-15-5-4-8-23(15)16/h6-7,9H,4-5,8,10-11H2,1-3H3,(H2,18,19,20). The zero-order valence-electron chi connectivity index (χ0n) is 14.5. The van der Waals surface area contributed by atoms with Crippen molar-refractivity contribution in [3.63, 3.8) is 0 Å². The van der Waals surface area contributed by atoms with Gasteiger partial charge in [-0.1, -0.05) is 12.1 Å². The summed E-state index contributed by atoms with van der Waals surface area (Å²) in [6.45, 7) is 4.52. The molecule has 1 aromatic carbocycles. The van der Waals surface area contributed by atoms with Crippen molar-refractivity contribution in [1.29, 1.82) is 0 Å². The zero-order chi connectivity index (χ0) is 16.9. The molecule has 1 aliphatic heterocycles. The van der Waals surface area contributed by atoms with Gasteiger partial charge in [-0.3, -0.25) is 4.99 Å². The highest BCUT2D eigenvalue weighted by Gasteiger charge is 2.17. The lowest BCUT2D eigenvalue weighted by molar-refractivity contribution is 0.662. The summed E-state index contributed by atoms with van der Waals surface area (Å²) in [7, 11) is 1.79. The van der Waals surface area contributed by atoms with Crippen molar-refractivity contribution in [3.05, 3.63) is 41.0 Å². The van der Waals surface area contributed by atoms with Crippen molar-refractivity contribution in [3.8, 4) is 0 Å². The Bertz CT molecular complexity index is 737. The minimum absolute atomic E-state index is 0.635. The molecule has 2 aromatic rings. The molecule has 6 nitrogen and oxygen atoms in total. The van der Waals surface area contributed by atoms with Gasteiger partial charge in [0, 0.05) is 31.5 Å². The Morgan fingerprint density at radius 3 is 2.92 bits per heavy atom. The van der Waals surface area contributed by atoms with Crippen LogP contribution in [-0.4, -0.2) is 34.0 Å². The molecule has 1 aliphatic rings. The van der Waals surface area contributed by atoms with E-state index in [9.17, 15) is 0 Å². The number of aryl methyl sites for hydroxylation is 2. The van der Waals surface area contributed by atoms with Crippen LogP contribution in [0.25, 0.3) is 0 Å². The normalized spacial score (nSPS) is 13.9. The van der Waals surface area contributed by atoms with Gasteiger partial charge in [0.05, 0.1) is 6.54 Å².